The van der Waals surface area contributed by atoms with Gasteiger partial charge in [0, 0.05) is 0 Å². The van der Waals surface area contributed by atoms with Gasteiger partial charge in [0.1, 0.15) is 11.3 Å². The quantitative estimate of drug-likeness (QED) is 0.216. The van der Waals surface area contributed by atoms with Gasteiger partial charge < -0.3 is 9.84 Å². The minimum atomic E-state index is -0.929. The number of hydrogen-bond acceptors (Lipinski definition) is 3. The SMILES string of the molecule is CCCCCCSCCCCCCCCCCCCOc1ccccc1C(=O)O. The van der Waals surface area contributed by atoms with E-state index in [0.29, 0.717) is 12.4 Å². The Labute approximate surface area is 183 Å². The summed E-state index contributed by atoms with van der Waals surface area (Å²) in [5.74, 6) is 2.26. The summed E-state index contributed by atoms with van der Waals surface area (Å²) in [5.41, 5.74) is 0.248. The van der Waals surface area contributed by atoms with Gasteiger partial charge in [-0.2, -0.15) is 11.8 Å². The molecule has 29 heavy (non-hydrogen) atoms. The third kappa shape index (κ3) is 14.5. The van der Waals surface area contributed by atoms with Gasteiger partial charge in [-0.3, -0.25) is 0 Å². The van der Waals surface area contributed by atoms with Crippen LogP contribution in [-0.4, -0.2) is 29.2 Å². The zero-order valence-corrected chi connectivity index (χ0v) is 19.3. The lowest BCUT2D eigenvalue weighted by Gasteiger charge is -2.08. The van der Waals surface area contributed by atoms with Crippen molar-refractivity contribution >= 4 is 17.7 Å². The van der Waals surface area contributed by atoms with Crippen LogP contribution in [0.15, 0.2) is 24.3 Å². The van der Waals surface area contributed by atoms with Crippen molar-refractivity contribution in [2.24, 2.45) is 0 Å². The topological polar surface area (TPSA) is 46.5 Å². The fourth-order valence-corrected chi connectivity index (χ4v) is 4.43. The Morgan fingerprint density at radius 1 is 0.793 bits per heavy atom. The predicted octanol–water partition coefficient (Wildman–Crippen LogP) is 7.98. The number of carbonyl (C=O) groups is 1. The Kier molecular flexibility index (Phi) is 16.8. The Hall–Kier alpha value is -1.16. The summed E-state index contributed by atoms with van der Waals surface area (Å²) < 4.78 is 5.64. The van der Waals surface area contributed by atoms with Crippen LogP contribution in [0.3, 0.4) is 0 Å². The molecule has 1 rings (SSSR count). The molecule has 3 nitrogen and oxygen atoms in total. The smallest absolute Gasteiger partial charge is 0.339 e. The summed E-state index contributed by atoms with van der Waals surface area (Å²) in [6.45, 7) is 2.87. The number of unbranched alkanes of at least 4 members (excludes halogenated alkanes) is 12. The number of para-hydroxylation sites is 1. The number of hydrogen-bond donors (Lipinski definition) is 1. The van der Waals surface area contributed by atoms with Crippen molar-refractivity contribution in [3.8, 4) is 5.75 Å². The standard InChI is InChI=1S/C25H42O3S/c1-2-3-4-16-21-29-22-17-12-10-8-6-5-7-9-11-15-20-28-24-19-14-13-18-23(24)25(26)27/h13-14,18-19H,2-12,15-17,20-22H2,1H3,(H,26,27). The first-order valence-corrected chi connectivity index (χ1v) is 12.9. The van der Waals surface area contributed by atoms with E-state index in [-0.39, 0.29) is 5.56 Å². The average Bonchev–Trinajstić information content (AvgIpc) is 2.73. The number of ether oxygens (including phenoxy) is 1. The van der Waals surface area contributed by atoms with Crippen LogP contribution < -0.4 is 4.74 Å². The van der Waals surface area contributed by atoms with Gasteiger partial charge in [0.2, 0.25) is 0 Å². The van der Waals surface area contributed by atoms with Crippen LogP contribution in [0.1, 0.15) is 107 Å². The molecule has 0 spiro atoms. The second-order valence-corrected chi connectivity index (χ2v) is 9.08. The van der Waals surface area contributed by atoms with Crippen LogP contribution in [0, 0.1) is 0 Å². The number of benzene rings is 1. The van der Waals surface area contributed by atoms with E-state index in [4.69, 9.17) is 9.84 Å². The highest BCUT2D eigenvalue weighted by Gasteiger charge is 2.09. The normalized spacial score (nSPS) is 10.9. The molecule has 0 radical (unpaired) electrons. The summed E-state index contributed by atoms with van der Waals surface area (Å²) in [5, 5.41) is 9.14. The van der Waals surface area contributed by atoms with Crippen LogP contribution in [0.2, 0.25) is 0 Å². The first-order chi connectivity index (χ1) is 14.3. The molecule has 0 heterocycles. The molecule has 0 saturated carbocycles. The predicted molar refractivity (Wildman–Crippen MR) is 127 cm³/mol. The second-order valence-electron chi connectivity index (χ2n) is 7.86. The van der Waals surface area contributed by atoms with Crippen molar-refractivity contribution < 1.29 is 14.6 Å². The molecule has 1 N–H and O–H groups in total. The molecule has 0 aliphatic heterocycles. The van der Waals surface area contributed by atoms with Gasteiger partial charge in [-0.1, -0.05) is 89.7 Å². The third-order valence-corrected chi connectivity index (χ3v) is 6.35. The van der Waals surface area contributed by atoms with Crippen molar-refractivity contribution in [3.05, 3.63) is 29.8 Å². The molecule has 166 valence electrons. The second kappa shape index (κ2) is 18.8. The number of thioether (sulfide) groups is 1. The van der Waals surface area contributed by atoms with Crippen LogP contribution >= 0.6 is 11.8 Å². The summed E-state index contributed by atoms with van der Waals surface area (Å²) in [6.07, 6.45) is 18.5. The van der Waals surface area contributed by atoms with Crippen LogP contribution in [0.5, 0.6) is 5.75 Å². The van der Waals surface area contributed by atoms with Crippen molar-refractivity contribution in [1.82, 2.24) is 0 Å². The van der Waals surface area contributed by atoms with Gasteiger partial charge in [-0.05, 0) is 42.9 Å². The van der Waals surface area contributed by atoms with Gasteiger partial charge >= 0.3 is 5.97 Å². The molecule has 1 aromatic carbocycles. The molecule has 0 aromatic heterocycles. The van der Waals surface area contributed by atoms with E-state index in [2.05, 4.69) is 18.7 Å². The molecule has 4 heteroatoms. The number of carboxylic acids is 1. The number of aromatic carboxylic acids is 1. The van der Waals surface area contributed by atoms with E-state index in [1.807, 2.05) is 6.07 Å². The van der Waals surface area contributed by atoms with Crippen LogP contribution in [-0.2, 0) is 0 Å². The fraction of sp³-hybridized carbons (Fsp3) is 0.720. The Morgan fingerprint density at radius 3 is 1.90 bits per heavy atom. The molecule has 0 aliphatic carbocycles. The van der Waals surface area contributed by atoms with E-state index in [9.17, 15) is 4.79 Å². The molecule has 0 atom stereocenters. The zero-order valence-electron chi connectivity index (χ0n) is 18.5. The molecular weight excluding hydrogens is 380 g/mol. The molecule has 0 unspecified atom stereocenters. The zero-order chi connectivity index (χ0) is 21.0. The summed E-state index contributed by atoms with van der Waals surface area (Å²) in [4.78, 5) is 11.1. The lowest BCUT2D eigenvalue weighted by molar-refractivity contribution is 0.0692. The molecule has 0 fully saturated rings. The Balaban J connectivity index is 1.81. The highest BCUT2D eigenvalue weighted by atomic mass is 32.2. The number of carboxylic acid groups (broad SMARTS) is 1. The molecule has 1 aromatic rings. The van der Waals surface area contributed by atoms with Gasteiger partial charge in [0.05, 0.1) is 6.61 Å². The summed E-state index contributed by atoms with van der Waals surface area (Å²) in [6, 6.07) is 6.86. The highest BCUT2D eigenvalue weighted by Crippen LogP contribution is 2.18. The maximum Gasteiger partial charge on any atom is 0.339 e. The van der Waals surface area contributed by atoms with Crippen LogP contribution in [0.4, 0.5) is 0 Å². The monoisotopic (exact) mass is 422 g/mol. The third-order valence-electron chi connectivity index (χ3n) is 5.20. The summed E-state index contributed by atoms with van der Waals surface area (Å²) >= 11 is 2.15. The van der Waals surface area contributed by atoms with Crippen molar-refractivity contribution in [2.75, 3.05) is 18.1 Å². The minimum absolute atomic E-state index is 0.248. The molecule has 0 bridgehead atoms. The van der Waals surface area contributed by atoms with Crippen molar-refractivity contribution in [1.29, 1.82) is 0 Å². The van der Waals surface area contributed by atoms with E-state index in [1.54, 1.807) is 18.2 Å². The van der Waals surface area contributed by atoms with Gasteiger partial charge in [0.25, 0.3) is 0 Å². The van der Waals surface area contributed by atoms with Gasteiger partial charge in [0.15, 0.2) is 0 Å². The Bertz CT molecular complexity index is 519. The minimum Gasteiger partial charge on any atom is -0.493 e. The van der Waals surface area contributed by atoms with Crippen molar-refractivity contribution in [3.63, 3.8) is 0 Å². The van der Waals surface area contributed by atoms with Gasteiger partial charge in [-0.25, -0.2) is 4.79 Å². The number of rotatable bonds is 20. The van der Waals surface area contributed by atoms with Crippen molar-refractivity contribution in [2.45, 2.75) is 96.8 Å². The first-order valence-electron chi connectivity index (χ1n) is 11.8. The van der Waals surface area contributed by atoms with Gasteiger partial charge in [-0.15, -0.1) is 0 Å². The summed E-state index contributed by atoms with van der Waals surface area (Å²) in [7, 11) is 0. The maximum atomic E-state index is 11.1. The fourth-order valence-electron chi connectivity index (χ4n) is 3.40. The van der Waals surface area contributed by atoms with E-state index in [1.165, 1.54) is 88.6 Å². The van der Waals surface area contributed by atoms with Crippen LogP contribution in [0.25, 0.3) is 0 Å². The largest absolute Gasteiger partial charge is 0.493 e. The van der Waals surface area contributed by atoms with E-state index in [0.717, 1.165) is 12.8 Å². The molecule has 0 saturated heterocycles. The van der Waals surface area contributed by atoms with E-state index >= 15 is 0 Å². The first kappa shape index (κ1) is 25.9. The highest BCUT2D eigenvalue weighted by molar-refractivity contribution is 7.99. The maximum absolute atomic E-state index is 11.1. The lowest BCUT2D eigenvalue weighted by atomic mass is 10.1. The molecule has 0 aliphatic rings. The Morgan fingerprint density at radius 2 is 1.31 bits per heavy atom. The molecular formula is C25H42O3S. The van der Waals surface area contributed by atoms with E-state index < -0.39 is 5.97 Å². The molecule has 0 amide bonds. The average molecular weight is 423 g/mol. The lowest BCUT2D eigenvalue weighted by Crippen LogP contribution is -2.04.